The lowest BCUT2D eigenvalue weighted by molar-refractivity contribution is -0.151. The molecule has 0 bridgehead atoms. The summed E-state index contributed by atoms with van der Waals surface area (Å²) in [6, 6.07) is 18.6. The molecule has 0 aliphatic carbocycles. The minimum Gasteiger partial charge on any atom is -0.460 e. The van der Waals surface area contributed by atoms with Gasteiger partial charge in [-0.2, -0.15) is 5.06 Å². The van der Waals surface area contributed by atoms with Crippen LogP contribution in [0.4, 0.5) is 4.79 Å². The molecule has 2 aromatic rings. The molecule has 0 radical (unpaired) electrons. The van der Waals surface area contributed by atoms with E-state index in [0.29, 0.717) is 13.0 Å². The van der Waals surface area contributed by atoms with E-state index < -0.39 is 18.1 Å². The van der Waals surface area contributed by atoms with Gasteiger partial charge in [0.15, 0.2) is 0 Å². The minimum atomic E-state index is -0.546. The lowest BCUT2D eigenvalue weighted by Gasteiger charge is -2.26. The van der Waals surface area contributed by atoms with Crippen molar-refractivity contribution in [2.75, 3.05) is 6.54 Å². The Hall–Kier alpha value is -2.90. The summed E-state index contributed by atoms with van der Waals surface area (Å²) >= 11 is 0. The van der Waals surface area contributed by atoms with Crippen LogP contribution in [-0.4, -0.2) is 41.0 Å². The number of hydroxylamine groups is 2. The summed E-state index contributed by atoms with van der Waals surface area (Å²) in [5, 5.41) is 14.3. The van der Waals surface area contributed by atoms with E-state index in [4.69, 9.17) is 9.47 Å². The molecule has 2 N–H and O–H groups in total. The number of amides is 1. The number of ether oxygens (including phenoxy) is 2. The van der Waals surface area contributed by atoms with Gasteiger partial charge in [0, 0.05) is 19.5 Å². The van der Waals surface area contributed by atoms with Crippen molar-refractivity contribution in [3.05, 3.63) is 71.8 Å². The molecule has 1 fully saturated rings. The van der Waals surface area contributed by atoms with Crippen molar-refractivity contribution in [1.82, 2.24) is 10.4 Å². The summed E-state index contributed by atoms with van der Waals surface area (Å²) in [6.07, 6.45) is -0.589. The highest BCUT2D eigenvalue weighted by atomic mass is 16.6. The Bertz CT molecular complexity index is 844. The highest BCUT2D eigenvalue weighted by Gasteiger charge is 2.41. The van der Waals surface area contributed by atoms with Gasteiger partial charge in [-0.1, -0.05) is 74.5 Å². The van der Waals surface area contributed by atoms with Crippen molar-refractivity contribution >= 4 is 12.1 Å². The normalized spacial score (nSPS) is 19.3. The molecule has 1 aliphatic rings. The topological polar surface area (TPSA) is 88.1 Å². The summed E-state index contributed by atoms with van der Waals surface area (Å²) in [5.41, 5.74) is 1.85. The zero-order valence-corrected chi connectivity index (χ0v) is 17.9. The highest BCUT2D eigenvalue weighted by Crippen LogP contribution is 2.27. The quantitative estimate of drug-likeness (QED) is 0.469. The molecular formula is C24H30N2O5. The standard InChI is InChI=1S/C24H30N2O5/c1-17(2)22(25-24(28)30-16-19-11-7-4-8-12-19)21-13-20(23(27)31-21)15-26(29)14-18-9-5-3-6-10-18/h3-12,17,20-22,29H,13-16H2,1-2H3,(H,25,28)/t20-,21-,22-/m0/s1. The average molecular weight is 427 g/mol. The molecule has 0 aromatic heterocycles. The zero-order chi connectivity index (χ0) is 22.2. The maximum Gasteiger partial charge on any atom is 0.407 e. The smallest absolute Gasteiger partial charge is 0.407 e. The van der Waals surface area contributed by atoms with Crippen LogP contribution < -0.4 is 5.32 Å². The van der Waals surface area contributed by atoms with Gasteiger partial charge in [-0.05, 0) is 17.0 Å². The molecule has 0 saturated carbocycles. The molecule has 1 saturated heterocycles. The van der Waals surface area contributed by atoms with Crippen LogP contribution in [0.1, 0.15) is 31.4 Å². The Kier molecular flexibility index (Phi) is 8.03. The van der Waals surface area contributed by atoms with Gasteiger partial charge in [0.1, 0.15) is 12.7 Å². The summed E-state index contributed by atoms with van der Waals surface area (Å²) in [7, 11) is 0. The SMILES string of the molecule is CC(C)[C@H](NC(=O)OCc1ccccc1)[C@@H]1C[C@@H](CN(O)Cc2ccccc2)C(=O)O1. The van der Waals surface area contributed by atoms with Gasteiger partial charge in [0.05, 0.1) is 12.0 Å². The average Bonchev–Trinajstić information content (AvgIpc) is 3.11. The molecule has 7 nitrogen and oxygen atoms in total. The van der Waals surface area contributed by atoms with Crippen molar-refractivity contribution in [2.24, 2.45) is 11.8 Å². The maximum atomic E-state index is 12.4. The molecule has 3 rings (SSSR count). The van der Waals surface area contributed by atoms with Gasteiger partial charge in [0.25, 0.3) is 0 Å². The first-order valence-electron chi connectivity index (χ1n) is 10.6. The lowest BCUT2D eigenvalue weighted by atomic mass is 9.93. The number of alkyl carbamates (subject to hydrolysis) is 1. The zero-order valence-electron chi connectivity index (χ0n) is 17.9. The van der Waals surface area contributed by atoms with Crippen LogP contribution in [0.5, 0.6) is 0 Å². The summed E-state index contributed by atoms with van der Waals surface area (Å²) in [5.74, 6) is -0.778. The van der Waals surface area contributed by atoms with Crippen LogP contribution in [0.15, 0.2) is 60.7 Å². The molecule has 31 heavy (non-hydrogen) atoms. The fourth-order valence-electron chi connectivity index (χ4n) is 3.74. The van der Waals surface area contributed by atoms with Gasteiger partial charge in [-0.3, -0.25) is 4.79 Å². The maximum absolute atomic E-state index is 12.4. The largest absolute Gasteiger partial charge is 0.460 e. The fourth-order valence-corrected chi connectivity index (χ4v) is 3.74. The second kappa shape index (κ2) is 10.9. The molecule has 0 spiro atoms. The number of nitrogens with one attached hydrogen (secondary N) is 1. The van der Waals surface area contributed by atoms with E-state index in [0.717, 1.165) is 16.2 Å². The molecule has 0 unspecified atom stereocenters. The lowest BCUT2D eigenvalue weighted by Crippen LogP contribution is -2.47. The molecule has 166 valence electrons. The van der Waals surface area contributed by atoms with Crippen LogP contribution in [0.3, 0.4) is 0 Å². The van der Waals surface area contributed by atoms with Crippen LogP contribution in [-0.2, 0) is 27.4 Å². The van der Waals surface area contributed by atoms with E-state index in [9.17, 15) is 14.8 Å². The Morgan fingerprint density at radius 3 is 2.35 bits per heavy atom. The van der Waals surface area contributed by atoms with Crippen LogP contribution in [0.2, 0.25) is 0 Å². The Morgan fingerprint density at radius 2 is 1.74 bits per heavy atom. The Morgan fingerprint density at radius 1 is 1.13 bits per heavy atom. The third kappa shape index (κ3) is 6.80. The summed E-state index contributed by atoms with van der Waals surface area (Å²) < 4.78 is 10.9. The monoisotopic (exact) mass is 426 g/mol. The molecule has 1 aliphatic heterocycles. The number of cyclic esters (lactones) is 1. The predicted molar refractivity (Wildman–Crippen MR) is 115 cm³/mol. The number of rotatable bonds is 9. The summed E-state index contributed by atoms with van der Waals surface area (Å²) in [4.78, 5) is 24.7. The van der Waals surface area contributed by atoms with Gasteiger partial charge < -0.3 is 20.0 Å². The van der Waals surface area contributed by atoms with Gasteiger partial charge in [-0.25, -0.2) is 4.79 Å². The van der Waals surface area contributed by atoms with E-state index in [2.05, 4.69) is 5.32 Å². The molecule has 2 aromatic carbocycles. The van der Waals surface area contributed by atoms with Crippen LogP contribution >= 0.6 is 0 Å². The Labute approximate surface area is 182 Å². The first-order valence-corrected chi connectivity index (χ1v) is 10.6. The number of carbonyl (C=O) groups is 2. The van der Waals surface area contributed by atoms with E-state index in [1.807, 2.05) is 74.5 Å². The molecule has 7 heteroatoms. The van der Waals surface area contributed by atoms with Crippen molar-refractivity contribution in [3.8, 4) is 0 Å². The van der Waals surface area contributed by atoms with Crippen molar-refractivity contribution < 1.29 is 24.3 Å². The highest BCUT2D eigenvalue weighted by molar-refractivity contribution is 5.75. The predicted octanol–water partition coefficient (Wildman–Crippen LogP) is 3.76. The molecular weight excluding hydrogens is 396 g/mol. The summed E-state index contributed by atoms with van der Waals surface area (Å²) in [6.45, 7) is 4.58. The third-order valence-electron chi connectivity index (χ3n) is 5.37. The van der Waals surface area contributed by atoms with E-state index >= 15 is 0 Å². The van der Waals surface area contributed by atoms with Crippen molar-refractivity contribution in [1.29, 1.82) is 0 Å². The van der Waals surface area contributed by atoms with Crippen molar-refractivity contribution in [3.63, 3.8) is 0 Å². The second-order valence-corrected chi connectivity index (χ2v) is 8.22. The minimum absolute atomic E-state index is 0.0374. The van der Waals surface area contributed by atoms with Crippen LogP contribution in [0, 0.1) is 11.8 Å². The number of benzene rings is 2. The number of hydrogen-bond acceptors (Lipinski definition) is 6. The van der Waals surface area contributed by atoms with Gasteiger partial charge >= 0.3 is 12.1 Å². The second-order valence-electron chi connectivity index (χ2n) is 8.22. The number of nitrogens with zero attached hydrogens (tertiary/aromatic N) is 1. The molecule has 1 amide bonds. The first-order chi connectivity index (χ1) is 14.9. The fraction of sp³-hybridized carbons (Fsp3) is 0.417. The molecule has 3 atom stereocenters. The Balaban J connectivity index is 1.52. The van der Waals surface area contributed by atoms with E-state index in [1.54, 1.807) is 0 Å². The number of esters is 1. The van der Waals surface area contributed by atoms with E-state index in [1.165, 1.54) is 0 Å². The van der Waals surface area contributed by atoms with Crippen molar-refractivity contribution in [2.45, 2.75) is 45.6 Å². The van der Waals surface area contributed by atoms with E-state index in [-0.39, 0.29) is 31.1 Å². The number of carbonyl (C=O) groups excluding carboxylic acids is 2. The molecule has 1 heterocycles. The van der Waals surface area contributed by atoms with Gasteiger partial charge in [0.2, 0.25) is 0 Å². The third-order valence-corrected chi connectivity index (χ3v) is 5.37. The van der Waals surface area contributed by atoms with Gasteiger partial charge in [-0.15, -0.1) is 0 Å². The van der Waals surface area contributed by atoms with Crippen LogP contribution in [0.25, 0.3) is 0 Å². The first kappa shape index (κ1) is 22.8. The number of hydrogen-bond donors (Lipinski definition) is 2.